The van der Waals surface area contributed by atoms with Crippen molar-refractivity contribution in [2.75, 3.05) is 18.0 Å². The molecule has 5 nitrogen and oxygen atoms in total. The van der Waals surface area contributed by atoms with Crippen LogP contribution in [0.15, 0.2) is 29.4 Å². The highest BCUT2D eigenvalue weighted by atomic mass is 16.4. The Morgan fingerprint density at radius 3 is 2.88 bits per heavy atom. The maximum absolute atomic E-state index is 9.68. The van der Waals surface area contributed by atoms with E-state index in [9.17, 15) is 5.11 Å². The average molecular weight is 235 g/mol. The molecule has 0 amide bonds. The van der Waals surface area contributed by atoms with E-state index in [-0.39, 0.29) is 11.9 Å². The van der Waals surface area contributed by atoms with E-state index >= 15 is 0 Å². The first-order chi connectivity index (χ1) is 8.22. The van der Waals surface area contributed by atoms with Gasteiger partial charge in [-0.15, -0.1) is 0 Å². The van der Waals surface area contributed by atoms with Gasteiger partial charge in [-0.3, -0.25) is 0 Å². The van der Waals surface area contributed by atoms with Crippen molar-refractivity contribution in [1.82, 2.24) is 0 Å². The number of nitrogens with two attached hydrogens (primary N) is 1. The molecule has 4 N–H and O–H groups in total. The summed E-state index contributed by atoms with van der Waals surface area (Å²) in [4.78, 5) is 2.07. The number of aliphatic hydroxyl groups excluding tert-OH is 1. The molecule has 1 aliphatic heterocycles. The van der Waals surface area contributed by atoms with Crippen LogP contribution in [-0.4, -0.2) is 35.3 Å². The second-order valence-electron chi connectivity index (χ2n) is 4.24. The van der Waals surface area contributed by atoms with Crippen molar-refractivity contribution in [2.24, 2.45) is 10.9 Å². The summed E-state index contributed by atoms with van der Waals surface area (Å²) in [7, 11) is 0. The maximum Gasteiger partial charge on any atom is 0.172 e. The van der Waals surface area contributed by atoms with Gasteiger partial charge in [-0.1, -0.05) is 17.3 Å². The summed E-state index contributed by atoms with van der Waals surface area (Å²) >= 11 is 0. The Morgan fingerprint density at radius 1 is 1.41 bits per heavy atom. The molecule has 0 aromatic heterocycles. The fourth-order valence-corrected chi connectivity index (χ4v) is 2.19. The van der Waals surface area contributed by atoms with Crippen LogP contribution in [0.25, 0.3) is 0 Å². The molecule has 1 atom stereocenters. The van der Waals surface area contributed by atoms with Gasteiger partial charge in [0.1, 0.15) is 0 Å². The number of aliphatic hydroxyl groups is 1. The summed E-state index contributed by atoms with van der Waals surface area (Å²) < 4.78 is 0. The Morgan fingerprint density at radius 2 is 2.18 bits per heavy atom. The molecule has 1 aromatic rings. The van der Waals surface area contributed by atoms with Gasteiger partial charge in [0.25, 0.3) is 0 Å². The Kier molecular flexibility index (Phi) is 3.49. The van der Waals surface area contributed by atoms with Crippen LogP contribution in [0.2, 0.25) is 0 Å². The third-order valence-electron chi connectivity index (χ3n) is 3.02. The highest BCUT2D eigenvalue weighted by molar-refractivity contribution is 6.02. The molecule has 0 saturated carbocycles. The lowest BCUT2D eigenvalue weighted by atomic mass is 10.0. The molecule has 1 saturated heterocycles. The lowest BCUT2D eigenvalue weighted by Crippen LogP contribution is -2.39. The minimum Gasteiger partial charge on any atom is -0.409 e. The number of β-amino-alcohol motifs (C(OH)–C–C–N with tert-alkyl or cyclic N) is 1. The lowest BCUT2D eigenvalue weighted by Gasteiger charge is -2.33. The Balaban J connectivity index is 2.31. The first kappa shape index (κ1) is 11.7. The third-order valence-corrected chi connectivity index (χ3v) is 3.02. The summed E-state index contributed by atoms with van der Waals surface area (Å²) in [6, 6.07) is 7.48. The number of nitrogens with zero attached hydrogens (tertiary/aromatic N) is 2. The molecule has 0 aliphatic carbocycles. The maximum atomic E-state index is 9.68. The van der Waals surface area contributed by atoms with Crippen molar-refractivity contribution in [3.8, 4) is 0 Å². The first-order valence-electron chi connectivity index (χ1n) is 5.72. The van der Waals surface area contributed by atoms with Crippen molar-refractivity contribution >= 4 is 11.5 Å². The molecule has 1 unspecified atom stereocenters. The zero-order valence-electron chi connectivity index (χ0n) is 9.58. The molecular weight excluding hydrogens is 218 g/mol. The van der Waals surface area contributed by atoms with Gasteiger partial charge in [0.05, 0.1) is 6.10 Å². The zero-order chi connectivity index (χ0) is 12.3. The van der Waals surface area contributed by atoms with Gasteiger partial charge in [-0.2, -0.15) is 0 Å². The number of piperidine rings is 1. The fraction of sp³-hybridized carbons (Fsp3) is 0.417. The van der Waals surface area contributed by atoms with Crippen LogP contribution in [0.5, 0.6) is 0 Å². The van der Waals surface area contributed by atoms with Crippen LogP contribution in [0.1, 0.15) is 18.4 Å². The molecule has 92 valence electrons. The average Bonchev–Trinajstić information content (AvgIpc) is 2.38. The molecule has 1 aromatic carbocycles. The summed E-state index contributed by atoms with van der Waals surface area (Å²) in [5.41, 5.74) is 7.25. The Labute approximate surface area is 100 Å². The van der Waals surface area contributed by atoms with Gasteiger partial charge >= 0.3 is 0 Å². The van der Waals surface area contributed by atoms with Crippen molar-refractivity contribution in [2.45, 2.75) is 18.9 Å². The second kappa shape index (κ2) is 5.05. The molecule has 0 bridgehead atoms. The SMILES string of the molecule is N/C(=N/O)c1ccccc1N1CCCC(O)C1. The summed E-state index contributed by atoms with van der Waals surface area (Å²) in [6.45, 7) is 1.47. The largest absolute Gasteiger partial charge is 0.409 e. The highest BCUT2D eigenvalue weighted by Crippen LogP contribution is 2.24. The van der Waals surface area contributed by atoms with Gasteiger partial charge in [-0.05, 0) is 25.0 Å². The lowest BCUT2D eigenvalue weighted by molar-refractivity contribution is 0.154. The van der Waals surface area contributed by atoms with E-state index < -0.39 is 0 Å². The van der Waals surface area contributed by atoms with Gasteiger partial charge in [0.15, 0.2) is 5.84 Å². The van der Waals surface area contributed by atoms with E-state index in [1.807, 2.05) is 24.3 Å². The smallest absolute Gasteiger partial charge is 0.172 e. The van der Waals surface area contributed by atoms with Crippen molar-refractivity contribution in [3.05, 3.63) is 29.8 Å². The van der Waals surface area contributed by atoms with Crippen LogP contribution >= 0.6 is 0 Å². The minimum absolute atomic E-state index is 0.0978. The number of para-hydroxylation sites is 1. The second-order valence-corrected chi connectivity index (χ2v) is 4.24. The monoisotopic (exact) mass is 235 g/mol. The van der Waals surface area contributed by atoms with Gasteiger partial charge in [0, 0.05) is 24.3 Å². The van der Waals surface area contributed by atoms with Crippen molar-refractivity contribution < 1.29 is 10.3 Å². The van der Waals surface area contributed by atoms with Crippen molar-refractivity contribution in [3.63, 3.8) is 0 Å². The minimum atomic E-state index is -0.302. The predicted molar refractivity (Wildman–Crippen MR) is 66.4 cm³/mol. The molecule has 1 heterocycles. The number of anilines is 1. The summed E-state index contributed by atoms with van der Waals surface area (Å²) in [5, 5.41) is 21.5. The number of hydrogen-bond donors (Lipinski definition) is 3. The molecule has 0 radical (unpaired) electrons. The standard InChI is InChI=1S/C12H17N3O2/c13-12(14-17)10-5-1-2-6-11(10)15-7-3-4-9(16)8-15/h1-2,5-6,9,16-17H,3-4,7-8H2,(H2,13,14). The number of oxime groups is 1. The van der Waals surface area contributed by atoms with Gasteiger partial charge in [0.2, 0.25) is 0 Å². The third kappa shape index (κ3) is 2.50. The first-order valence-corrected chi connectivity index (χ1v) is 5.72. The van der Waals surface area contributed by atoms with Crippen LogP contribution in [0.3, 0.4) is 0 Å². The molecule has 2 rings (SSSR count). The van der Waals surface area contributed by atoms with Crippen LogP contribution < -0.4 is 10.6 Å². The zero-order valence-corrected chi connectivity index (χ0v) is 9.58. The number of rotatable bonds is 2. The molecule has 1 fully saturated rings. The topological polar surface area (TPSA) is 82.1 Å². The quantitative estimate of drug-likeness (QED) is 0.306. The number of benzene rings is 1. The normalized spacial score (nSPS) is 21.6. The van der Waals surface area contributed by atoms with E-state index in [4.69, 9.17) is 10.9 Å². The Bertz CT molecular complexity index is 420. The van der Waals surface area contributed by atoms with E-state index in [1.54, 1.807) is 0 Å². The predicted octanol–water partition coefficient (Wildman–Crippen LogP) is 0.742. The molecule has 1 aliphatic rings. The molecule has 5 heteroatoms. The van der Waals surface area contributed by atoms with Crippen LogP contribution in [0.4, 0.5) is 5.69 Å². The van der Waals surface area contributed by atoms with E-state index in [0.29, 0.717) is 12.1 Å². The fourth-order valence-electron chi connectivity index (χ4n) is 2.19. The van der Waals surface area contributed by atoms with E-state index in [0.717, 1.165) is 25.1 Å². The van der Waals surface area contributed by atoms with E-state index in [1.165, 1.54) is 0 Å². The van der Waals surface area contributed by atoms with E-state index in [2.05, 4.69) is 10.1 Å². The summed E-state index contributed by atoms with van der Waals surface area (Å²) in [5.74, 6) is 0.0978. The molecule has 0 spiro atoms. The van der Waals surface area contributed by atoms with Crippen molar-refractivity contribution in [1.29, 1.82) is 0 Å². The number of hydrogen-bond acceptors (Lipinski definition) is 4. The highest BCUT2D eigenvalue weighted by Gasteiger charge is 2.20. The summed E-state index contributed by atoms with van der Waals surface area (Å²) in [6.07, 6.45) is 1.48. The Hall–Kier alpha value is -1.75. The van der Waals surface area contributed by atoms with Crippen LogP contribution in [-0.2, 0) is 0 Å². The number of amidine groups is 1. The molecule has 17 heavy (non-hydrogen) atoms. The molecular formula is C12H17N3O2. The van der Waals surface area contributed by atoms with Crippen LogP contribution in [0, 0.1) is 0 Å². The van der Waals surface area contributed by atoms with Gasteiger partial charge in [-0.25, -0.2) is 0 Å². The van der Waals surface area contributed by atoms with Gasteiger partial charge < -0.3 is 20.9 Å².